The summed E-state index contributed by atoms with van der Waals surface area (Å²) in [4.78, 5) is 14.4. The Hall–Kier alpha value is -1.62. The molecule has 0 aliphatic carbocycles. The van der Waals surface area contributed by atoms with E-state index in [2.05, 4.69) is 4.90 Å². The third-order valence-corrected chi connectivity index (χ3v) is 3.10. The molecule has 0 radical (unpaired) electrons. The highest BCUT2D eigenvalue weighted by Crippen LogP contribution is 2.23. The second-order valence-corrected chi connectivity index (χ2v) is 4.07. The van der Waals surface area contributed by atoms with Crippen molar-refractivity contribution in [2.24, 2.45) is 5.73 Å². The molecule has 0 aromatic heterocycles. The van der Waals surface area contributed by atoms with Crippen LogP contribution in [0.15, 0.2) is 18.2 Å². The maximum absolute atomic E-state index is 13.6. The van der Waals surface area contributed by atoms with Gasteiger partial charge < -0.3 is 15.5 Å². The van der Waals surface area contributed by atoms with Crippen molar-refractivity contribution in [3.8, 4) is 0 Å². The first-order valence-corrected chi connectivity index (χ1v) is 5.68. The summed E-state index contributed by atoms with van der Waals surface area (Å²) in [6, 6.07) is 4.99. The van der Waals surface area contributed by atoms with Crippen LogP contribution in [0.4, 0.5) is 10.1 Å². The summed E-state index contributed by atoms with van der Waals surface area (Å²) in [6.07, 6.45) is 0.854. The van der Waals surface area contributed by atoms with Gasteiger partial charge >= 0.3 is 0 Å². The Bertz CT molecular complexity index is 403. The quantitative estimate of drug-likeness (QED) is 0.782. The van der Waals surface area contributed by atoms with Gasteiger partial charge in [0.2, 0.25) is 6.41 Å². The molecule has 1 saturated heterocycles. The Balaban J connectivity index is 2.18. The van der Waals surface area contributed by atoms with E-state index >= 15 is 0 Å². The van der Waals surface area contributed by atoms with E-state index in [0.29, 0.717) is 18.7 Å². The normalized spacial score (nSPS) is 16.1. The number of piperazine rings is 1. The van der Waals surface area contributed by atoms with E-state index < -0.39 is 0 Å². The summed E-state index contributed by atoms with van der Waals surface area (Å²) in [6.45, 7) is 2.97. The van der Waals surface area contributed by atoms with E-state index in [0.717, 1.165) is 25.2 Å². The van der Waals surface area contributed by atoms with Gasteiger partial charge in [-0.05, 0) is 12.1 Å². The zero-order valence-corrected chi connectivity index (χ0v) is 9.60. The molecule has 17 heavy (non-hydrogen) atoms. The highest BCUT2D eigenvalue weighted by molar-refractivity contribution is 5.56. The first-order chi connectivity index (χ1) is 8.26. The van der Waals surface area contributed by atoms with E-state index in [1.807, 2.05) is 6.07 Å². The molecule has 5 heteroatoms. The Labute approximate surface area is 99.8 Å². The molecule has 0 unspecified atom stereocenters. The van der Waals surface area contributed by atoms with Gasteiger partial charge in [-0.1, -0.05) is 6.07 Å². The van der Waals surface area contributed by atoms with Crippen molar-refractivity contribution < 1.29 is 9.18 Å². The molecule has 1 amide bonds. The molecule has 0 atom stereocenters. The van der Waals surface area contributed by atoms with Crippen molar-refractivity contribution in [3.63, 3.8) is 0 Å². The molecular formula is C12H16FN3O. The van der Waals surface area contributed by atoms with Gasteiger partial charge in [0.1, 0.15) is 5.82 Å². The standard InChI is InChI=1S/C12H16FN3O/c13-11-2-1-3-12(10(11)8-14)16-6-4-15(9-17)5-7-16/h1-3,9H,4-8,14H2. The molecule has 1 fully saturated rings. The Kier molecular flexibility index (Phi) is 3.58. The van der Waals surface area contributed by atoms with Crippen LogP contribution in [0.2, 0.25) is 0 Å². The summed E-state index contributed by atoms with van der Waals surface area (Å²) in [5, 5.41) is 0. The number of benzene rings is 1. The van der Waals surface area contributed by atoms with Crippen molar-refractivity contribution in [3.05, 3.63) is 29.6 Å². The molecule has 1 aliphatic heterocycles. The van der Waals surface area contributed by atoms with Crippen LogP contribution in [0.5, 0.6) is 0 Å². The van der Waals surface area contributed by atoms with Gasteiger partial charge in [-0.2, -0.15) is 0 Å². The first kappa shape index (κ1) is 11.9. The predicted molar refractivity (Wildman–Crippen MR) is 64.1 cm³/mol. The molecule has 0 bridgehead atoms. The lowest BCUT2D eigenvalue weighted by molar-refractivity contribution is -0.118. The predicted octanol–water partition coefficient (Wildman–Crippen LogP) is 0.563. The largest absolute Gasteiger partial charge is 0.368 e. The van der Waals surface area contributed by atoms with E-state index in [1.54, 1.807) is 11.0 Å². The molecule has 1 aromatic rings. The number of amides is 1. The topological polar surface area (TPSA) is 49.6 Å². The number of anilines is 1. The van der Waals surface area contributed by atoms with Gasteiger partial charge in [0.15, 0.2) is 0 Å². The number of hydrogen-bond donors (Lipinski definition) is 1. The maximum atomic E-state index is 13.6. The number of nitrogens with two attached hydrogens (primary N) is 1. The lowest BCUT2D eigenvalue weighted by Gasteiger charge is -2.35. The van der Waals surface area contributed by atoms with Crippen LogP contribution in [0.3, 0.4) is 0 Å². The fourth-order valence-electron chi connectivity index (χ4n) is 2.11. The smallest absolute Gasteiger partial charge is 0.209 e. The number of rotatable bonds is 3. The Morgan fingerprint density at radius 1 is 1.29 bits per heavy atom. The van der Waals surface area contributed by atoms with Crippen LogP contribution in [0.25, 0.3) is 0 Å². The monoisotopic (exact) mass is 237 g/mol. The minimum absolute atomic E-state index is 0.190. The highest BCUT2D eigenvalue weighted by Gasteiger charge is 2.18. The van der Waals surface area contributed by atoms with Crippen molar-refractivity contribution in [2.45, 2.75) is 6.54 Å². The number of carbonyl (C=O) groups excluding carboxylic acids is 1. The lowest BCUT2D eigenvalue weighted by Crippen LogP contribution is -2.46. The molecule has 1 aliphatic rings. The van der Waals surface area contributed by atoms with Crippen LogP contribution < -0.4 is 10.6 Å². The Morgan fingerprint density at radius 2 is 2.00 bits per heavy atom. The fourth-order valence-corrected chi connectivity index (χ4v) is 2.11. The van der Waals surface area contributed by atoms with Crippen molar-refractivity contribution in [1.82, 2.24) is 4.90 Å². The SMILES string of the molecule is NCc1c(F)cccc1N1CCN(C=O)CC1. The maximum Gasteiger partial charge on any atom is 0.209 e. The molecule has 1 heterocycles. The number of halogens is 1. The van der Waals surface area contributed by atoms with Gasteiger partial charge in [-0.25, -0.2) is 4.39 Å². The molecule has 2 N–H and O–H groups in total. The van der Waals surface area contributed by atoms with Crippen molar-refractivity contribution >= 4 is 12.1 Å². The minimum atomic E-state index is -0.261. The highest BCUT2D eigenvalue weighted by atomic mass is 19.1. The van der Waals surface area contributed by atoms with Crippen molar-refractivity contribution in [1.29, 1.82) is 0 Å². The number of hydrogen-bond acceptors (Lipinski definition) is 3. The van der Waals surface area contributed by atoms with Crippen LogP contribution in [0, 0.1) is 5.82 Å². The summed E-state index contributed by atoms with van der Waals surface area (Å²) in [7, 11) is 0. The van der Waals surface area contributed by atoms with Crippen LogP contribution in [-0.2, 0) is 11.3 Å². The van der Waals surface area contributed by atoms with Crippen molar-refractivity contribution in [2.75, 3.05) is 31.1 Å². The molecule has 2 rings (SSSR count). The third-order valence-electron chi connectivity index (χ3n) is 3.10. The minimum Gasteiger partial charge on any atom is -0.368 e. The molecule has 92 valence electrons. The van der Waals surface area contributed by atoms with Crippen LogP contribution >= 0.6 is 0 Å². The summed E-state index contributed by atoms with van der Waals surface area (Å²) < 4.78 is 13.6. The van der Waals surface area contributed by atoms with Gasteiger partial charge in [0, 0.05) is 44.0 Å². The summed E-state index contributed by atoms with van der Waals surface area (Å²) in [5.41, 5.74) is 6.97. The molecule has 0 spiro atoms. The third kappa shape index (κ3) is 2.39. The van der Waals surface area contributed by atoms with E-state index in [-0.39, 0.29) is 12.4 Å². The number of carbonyl (C=O) groups is 1. The second kappa shape index (κ2) is 5.14. The van der Waals surface area contributed by atoms with Gasteiger partial charge in [-0.3, -0.25) is 4.79 Å². The number of nitrogens with zero attached hydrogens (tertiary/aromatic N) is 2. The zero-order chi connectivity index (χ0) is 12.3. The average molecular weight is 237 g/mol. The summed E-state index contributed by atoms with van der Waals surface area (Å²) in [5.74, 6) is -0.261. The van der Waals surface area contributed by atoms with E-state index in [9.17, 15) is 9.18 Å². The molecule has 4 nitrogen and oxygen atoms in total. The average Bonchev–Trinajstić information content (AvgIpc) is 2.38. The van der Waals surface area contributed by atoms with Gasteiger partial charge in [0.25, 0.3) is 0 Å². The zero-order valence-electron chi connectivity index (χ0n) is 9.60. The van der Waals surface area contributed by atoms with Gasteiger partial charge in [0.05, 0.1) is 0 Å². The second-order valence-electron chi connectivity index (χ2n) is 4.07. The summed E-state index contributed by atoms with van der Waals surface area (Å²) >= 11 is 0. The molecular weight excluding hydrogens is 221 g/mol. The van der Waals surface area contributed by atoms with Crippen LogP contribution in [0.1, 0.15) is 5.56 Å². The lowest BCUT2D eigenvalue weighted by atomic mass is 10.1. The molecule has 0 saturated carbocycles. The van der Waals surface area contributed by atoms with E-state index in [4.69, 9.17) is 5.73 Å². The first-order valence-electron chi connectivity index (χ1n) is 5.68. The fraction of sp³-hybridized carbons (Fsp3) is 0.417. The molecule has 1 aromatic carbocycles. The Morgan fingerprint density at radius 3 is 2.59 bits per heavy atom. The van der Waals surface area contributed by atoms with Gasteiger partial charge in [-0.15, -0.1) is 0 Å². The van der Waals surface area contributed by atoms with Crippen LogP contribution in [-0.4, -0.2) is 37.5 Å². The van der Waals surface area contributed by atoms with E-state index in [1.165, 1.54) is 6.07 Å².